The van der Waals surface area contributed by atoms with E-state index in [1.807, 2.05) is 11.3 Å². The number of hydrogen-bond acceptors (Lipinski definition) is 3. The van der Waals surface area contributed by atoms with Crippen molar-refractivity contribution in [2.75, 3.05) is 0 Å². The zero-order chi connectivity index (χ0) is 31.6. The van der Waals surface area contributed by atoms with Gasteiger partial charge in [-0.2, -0.15) is 0 Å². The van der Waals surface area contributed by atoms with E-state index in [4.69, 9.17) is 4.99 Å². The number of para-hydroxylation sites is 2. The second-order valence-corrected chi connectivity index (χ2v) is 13.4. The number of aliphatic imine (C=N–C) groups is 1. The molecule has 1 aliphatic heterocycles. The highest BCUT2D eigenvalue weighted by atomic mass is 32.1. The molecular weight excluding hydrogens is 603 g/mol. The summed E-state index contributed by atoms with van der Waals surface area (Å²) < 4.78 is 4.99. The van der Waals surface area contributed by atoms with Crippen molar-refractivity contribution in [2.24, 2.45) is 4.99 Å². The summed E-state index contributed by atoms with van der Waals surface area (Å²) in [6.07, 6.45) is 2.29. The molecule has 9 aromatic rings. The van der Waals surface area contributed by atoms with Gasteiger partial charge >= 0.3 is 0 Å². The van der Waals surface area contributed by atoms with Crippen molar-refractivity contribution in [3.05, 3.63) is 180 Å². The maximum Gasteiger partial charge on any atom is 0.135 e. The van der Waals surface area contributed by atoms with Crippen molar-refractivity contribution in [3.8, 4) is 5.69 Å². The number of amidine groups is 1. The van der Waals surface area contributed by atoms with Gasteiger partial charge in [-0.15, -0.1) is 11.3 Å². The SMILES string of the molecule is C1=C(c2cccc3c2sc2c3ccc3c4ccccc4n(-c4ccccc4)c32)N=C(c2cccc3ccccc23)NC1c1ccccc1. The maximum absolute atomic E-state index is 5.40. The Labute approximate surface area is 281 Å². The summed E-state index contributed by atoms with van der Waals surface area (Å²) in [7, 11) is 0. The first-order valence-corrected chi connectivity index (χ1v) is 17.2. The van der Waals surface area contributed by atoms with Crippen LogP contribution in [0.1, 0.15) is 22.7 Å². The Kier molecular flexibility index (Phi) is 6.11. The molecule has 0 spiro atoms. The minimum Gasteiger partial charge on any atom is -0.359 e. The lowest BCUT2D eigenvalue weighted by Gasteiger charge is -2.25. The standard InChI is InChI=1S/C44H29N3S/c1-3-14-29(15-4-1)38-27-39(46-44(45-38)36-22-11-16-28-13-7-8-19-31(28)36)37-23-12-21-34-35-26-25-33-32-20-9-10-24-40(32)47(30-17-5-2-6-18-30)41(33)43(35)48-42(34)37/h1-27,38H,(H,45,46). The lowest BCUT2D eigenvalue weighted by molar-refractivity contribution is 0.781. The minimum atomic E-state index is -0.0235. The fourth-order valence-electron chi connectivity index (χ4n) is 7.45. The Morgan fingerprint density at radius 3 is 2.04 bits per heavy atom. The van der Waals surface area contributed by atoms with Gasteiger partial charge in [0.25, 0.3) is 0 Å². The summed E-state index contributed by atoms with van der Waals surface area (Å²) in [5, 5.41) is 11.3. The molecule has 1 N–H and O–H groups in total. The molecule has 0 saturated carbocycles. The highest BCUT2D eigenvalue weighted by Gasteiger charge is 2.24. The molecule has 3 heterocycles. The quantitative estimate of drug-likeness (QED) is 0.206. The summed E-state index contributed by atoms with van der Waals surface area (Å²) in [6, 6.07) is 56.5. The summed E-state index contributed by atoms with van der Waals surface area (Å²) in [6.45, 7) is 0. The molecule has 2 aromatic heterocycles. The topological polar surface area (TPSA) is 29.3 Å². The van der Waals surface area contributed by atoms with Crippen LogP contribution in [-0.2, 0) is 0 Å². The van der Waals surface area contributed by atoms with Crippen LogP contribution in [0, 0.1) is 0 Å². The number of nitrogens with one attached hydrogen (secondary N) is 1. The number of nitrogens with zero attached hydrogens (tertiary/aromatic N) is 2. The van der Waals surface area contributed by atoms with Crippen LogP contribution in [0.3, 0.4) is 0 Å². The highest BCUT2D eigenvalue weighted by Crippen LogP contribution is 2.45. The number of fused-ring (bicyclic) bond motifs is 8. The summed E-state index contributed by atoms with van der Waals surface area (Å²) in [5.41, 5.74) is 8.11. The molecule has 4 heteroatoms. The molecule has 48 heavy (non-hydrogen) atoms. The normalized spacial score (nSPS) is 14.9. The van der Waals surface area contributed by atoms with Gasteiger partial charge in [-0.3, -0.25) is 0 Å². The van der Waals surface area contributed by atoms with Gasteiger partial charge in [-0.05, 0) is 40.6 Å². The van der Waals surface area contributed by atoms with Crippen LogP contribution in [0.15, 0.2) is 169 Å². The molecule has 0 amide bonds. The predicted molar refractivity (Wildman–Crippen MR) is 204 cm³/mol. The van der Waals surface area contributed by atoms with Gasteiger partial charge in [-0.25, -0.2) is 4.99 Å². The molecule has 0 bridgehead atoms. The molecule has 1 atom stereocenters. The Morgan fingerprint density at radius 2 is 1.17 bits per heavy atom. The molecule has 7 aromatic carbocycles. The monoisotopic (exact) mass is 631 g/mol. The van der Waals surface area contributed by atoms with Crippen LogP contribution in [0.2, 0.25) is 0 Å². The average molecular weight is 632 g/mol. The fourth-order valence-corrected chi connectivity index (χ4v) is 8.81. The van der Waals surface area contributed by atoms with Gasteiger partial charge in [-0.1, -0.05) is 140 Å². The van der Waals surface area contributed by atoms with E-state index in [0.717, 1.165) is 22.7 Å². The van der Waals surface area contributed by atoms with Crippen LogP contribution in [0.5, 0.6) is 0 Å². The van der Waals surface area contributed by atoms with Gasteiger partial charge in [0.1, 0.15) is 5.84 Å². The van der Waals surface area contributed by atoms with Crippen molar-refractivity contribution in [2.45, 2.75) is 6.04 Å². The third-order valence-corrected chi connectivity index (χ3v) is 10.9. The third kappa shape index (κ3) is 4.16. The van der Waals surface area contributed by atoms with E-state index in [0.29, 0.717) is 0 Å². The molecule has 0 radical (unpaired) electrons. The van der Waals surface area contributed by atoms with Crippen LogP contribution in [-0.4, -0.2) is 10.4 Å². The Hall–Kier alpha value is -5.97. The van der Waals surface area contributed by atoms with Gasteiger partial charge in [0.15, 0.2) is 0 Å². The van der Waals surface area contributed by atoms with Gasteiger partial charge in [0.2, 0.25) is 0 Å². The minimum absolute atomic E-state index is 0.0235. The van der Waals surface area contributed by atoms with E-state index in [2.05, 4.69) is 174 Å². The zero-order valence-electron chi connectivity index (χ0n) is 26.0. The molecule has 1 aliphatic rings. The number of benzene rings is 7. The van der Waals surface area contributed by atoms with E-state index < -0.39 is 0 Å². The van der Waals surface area contributed by atoms with E-state index in [1.54, 1.807) is 0 Å². The van der Waals surface area contributed by atoms with Gasteiger partial charge < -0.3 is 9.88 Å². The number of rotatable bonds is 4. The van der Waals surface area contributed by atoms with E-state index >= 15 is 0 Å². The van der Waals surface area contributed by atoms with Crippen LogP contribution in [0.25, 0.3) is 64.1 Å². The highest BCUT2D eigenvalue weighted by molar-refractivity contribution is 7.27. The zero-order valence-corrected chi connectivity index (χ0v) is 26.8. The predicted octanol–water partition coefficient (Wildman–Crippen LogP) is 11.4. The van der Waals surface area contributed by atoms with Crippen molar-refractivity contribution < 1.29 is 0 Å². The lowest BCUT2D eigenvalue weighted by atomic mass is 9.98. The van der Waals surface area contributed by atoms with Crippen molar-refractivity contribution in [3.63, 3.8) is 0 Å². The van der Waals surface area contributed by atoms with Crippen LogP contribution >= 0.6 is 11.3 Å². The van der Waals surface area contributed by atoms with Crippen LogP contribution < -0.4 is 5.32 Å². The average Bonchev–Trinajstić information content (AvgIpc) is 3.71. The number of thiophene rings is 1. The smallest absolute Gasteiger partial charge is 0.135 e. The Morgan fingerprint density at radius 1 is 0.521 bits per heavy atom. The molecule has 0 fully saturated rings. The first-order chi connectivity index (χ1) is 23.8. The molecule has 226 valence electrons. The molecule has 3 nitrogen and oxygen atoms in total. The summed E-state index contributed by atoms with van der Waals surface area (Å²) in [5.74, 6) is 0.892. The van der Waals surface area contributed by atoms with E-state index in [-0.39, 0.29) is 6.04 Å². The largest absolute Gasteiger partial charge is 0.359 e. The van der Waals surface area contributed by atoms with Gasteiger partial charge in [0, 0.05) is 43.1 Å². The first kappa shape index (κ1) is 27.2. The lowest BCUT2D eigenvalue weighted by Crippen LogP contribution is -2.31. The first-order valence-electron chi connectivity index (χ1n) is 16.4. The molecule has 0 saturated heterocycles. The fraction of sp³-hybridized carbons (Fsp3) is 0.0227. The molecule has 10 rings (SSSR count). The van der Waals surface area contributed by atoms with Gasteiger partial charge in [0.05, 0.1) is 27.5 Å². The third-order valence-electron chi connectivity index (χ3n) is 9.64. The van der Waals surface area contributed by atoms with Crippen molar-refractivity contribution >= 4 is 75.6 Å². The van der Waals surface area contributed by atoms with E-state index in [1.165, 1.54) is 64.0 Å². The van der Waals surface area contributed by atoms with E-state index in [9.17, 15) is 0 Å². The second-order valence-electron chi connectivity index (χ2n) is 12.4. The Balaban J connectivity index is 1.24. The van der Waals surface area contributed by atoms with Crippen molar-refractivity contribution in [1.82, 2.24) is 9.88 Å². The maximum atomic E-state index is 5.40. The van der Waals surface area contributed by atoms with Crippen molar-refractivity contribution in [1.29, 1.82) is 0 Å². The second kappa shape index (κ2) is 10.8. The summed E-state index contributed by atoms with van der Waals surface area (Å²) in [4.78, 5) is 5.40. The number of aromatic nitrogens is 1. The molecular formula is C44H29N3S. The molecule has 0 aliphatic carbocycles. The Bertz CT molecular complexity index is 2750. The summed E-state index contributed by atoms with van der Waals surface area (Å²) >= 11 is 1.88. The number of hydrogen-bond donors (Lipinski definition) is 1. The van der Waals surface area contributed by atoms with Crippen LogP contribution in [0.4, 0.5) is 0 Å². The molecule has 1 unspecified atom stereocenters.